The maximum absolute atomic E-state index is 5.67. The first-order valence-electron chi connectivity index (χ1n) is 24.3. The van der Waals surface area contributed by atoms with Gasteiger partial charge in [-0.05, 0) is 88.3 Å². The summed E-state index contributed by atoms with van der Waals surface area (Å²) >= 11 is 0. The Kier molecular flexibility index (Phi) is 9.99. The standard InChI is InChI=1S/C65H40N8/c1-4-20-43(21-5-1)55-39-57(70-63(68-55)51-30-14-24-41-18-10-12-28-49(41)51)45-36-46(58-40-56(44-22-6-2-7-23-44)69-64(71-58)52-31-15-25-42-19-11-13-29-50(42)52)38-47(37-45)65-72-61-53-32-16-34-66-59(53)60-54(33-17-35-67-60)62(61)73(65)48-26-8-3-9-27-48/h1-40H. The summed E-state index contributed by atoms with van der Waals surface area (Å²) in [6, 6.07) is 79.5. The maximum Gasteiger partial charge on any atom is 0.161 e. The van der Waals surface area contributed by atoms with Crippen LogP contribution in [0, 0.1) is 0 Å². The van der Waals surface area contributed by atoms with E-state index in [-0.39, 0.29) is 0 Å². The van der Waals surface area contributed by atoms with Gasteiger partial charge in [0.25, 0.3) is 0 Å². The van der Waals surface area contributed by atoms with E-state index in [0.29, 0.717) is 11.6 Å². The van der Waals surface area contributed by atoms with Gasteiger partial charge in [0, 0.05) is 67.8 Å². The largest absolute Gasteiger partial charge is 0.292 e. The van der Waals surface area contributed by atoms with Crippen LogP contribution in [0.5, 0.6) is 0 Å². The molecule has 9 aromatic carbocycles. The molecular weight excluding hydrogens is 893 g/mol. The Balaban J connectivity index is 1.09. The lowest BCUT2D eigenvalue weighted by molar-refractivity contribution is 1.10. The zero-order valence-corrected chi connectivity index (χ0v) is 39.2. The van der Waals surface area contributed by atoms with Gasteiger partial charge < -0.3 is 0 Å². The second-order valence-corrected chi connectivity index (χ2v) is 18.1. The second-order valence-electron chi connectivity index (χ2n) is 18.1. The first kappa shape index (κ1) is 41.9. The fraction of sp³-hybridized carbons (Fsp3) is 0. The highest BCUT2D eigenvalue weighted by molar-refractivity contribution is 6.21. The van der Waals surface area contributed by atoms with Crippen LogP contribution in [-0.2, 0) is 0 Å². The smallest absolute Gasteiger partial charge is 0.161 e. The zero-order valence-electron chi connectivity index (χ0n) is 39.2. The molecule has 0 amide bonds. The fourth-order valence-electron chi connectivity index (χ4n) is 10.3. The Labute approximate surface area is 419 Å². The van der Waals surface area contributed by atoms with E-state index in [1.165, 1.54) is 0 Å². The van der Waals surface area contributed by atoms with Gasteiger partial charge in [0.2, 0.25) is 0 Å². The van der Waals surface area contributed by atoms with Crippen LogP contribution in [0.3, 0.4) is 0 Å². The van der Waals surface area contributed by atoms with Gasteiger partial charge in [-0.3, -0.25) is 14.5 Å². The molecule has 73 heavy (non-hydrogen) atoms. The van der Waals surface area contributed by atoms with Crippen molar-refractivity contribution in [2.75, 3.05) is 0 Å². The van der Waals surface area contributed by atoms with E-state index in [9.17, 15) is 0 Å². The first-order chi connectivity index (χ1) is 36.2. The molecule has 8 nitrogen and oxygen atoms in total. The highest BCUT2D eigenvalue weighted by Gasteiger charge is 2.24. The highest BCUT2D eigenvalue weighted by Crippen LogP contribution is 2.42. The summed E-state index contributed by atoms with van der Waals surface area (Å²) in [5, 5.41) is 6.25. The predicted octanol–water partition coefficient (Wildman–Crippen LogP) is 15.7. The molecule has 0 radical (unpaired) electrons. The molecular formula is C65H40N8. The van der Waals surface area contributed by atoms with Crippen LogP contribution in [0.2, 0.25) is 0 Å². The number of pyridine rings is 2. The number of benzene rings is 9. The van der Waals surface area contributed by atoms with Gasteiger partial charge in [-0.25, -0.2) is 24.9 Å². The summed E-state index contributed by atoms with van der Waals surface area (Å²) in [5.41, 5.74) is 13.9. The van der Waals surface area contributed by atoms with E-state index in [2.05, 4.69) is 180 Å². The molecule has 0 aliphatic rings. The van der Waals surface area contributed by atoms with Crippen LogP contribution in [0.25, 0.3) is 139 Å². The minimum atomic E-state index is 0.626. The summed E-state index contributed by atoms with van der Waals surface area (Å²) in [4.78, 5) is 37.1. The van der Waals surface area contributed by atoms with E-state index >= 15 is 0 Å². The minimum Gasteiger partial charge on any atom is -0.292 e. The normalized spacial score (nSPS) is 11.6. The molecule has 5 heterocycles. The monoisotopic (exact) mass is 932 g/mol. The number of rotatable bonds is 8. The van der Waals surface area contributed by atoms with Gasteiger partial charge >= 0.3 is 0 Å². The molecule has 0 unspecified atom stereocenters. The van der Waals surface area contributed by atoms with Crippen molar-refractivity contribution < 1.29 is 0 Å². The van der Waals surface area contributed by atoms with Crippen molar-refractivity contribution in [3.8, 4) is 84.9 Å². The second kappa shape index (κ2) is 17.4. The van der Waals surface area contributed by atoms with E-state index < -0.39 is 0 Å². The molecule has 0 bridgehead atoms. The lowest BCUT2D eigenvalue weighted by Gasteiger charge is -2.16. The Morgan fingerprint density at radius 2 is 0.712 bits per heavy atom. The minimum absolute atomic E-state index is 0.626. The summed E-state index contributed by atoms with van der Waals surface area (Å²) in [7, 11) is 0. The van der Waals surface area contributed by atoms with Gasteiger partial charge in [-0.1, -0.05) is 164 Å². The lowest BCUT2D eigenvalue weighted by atomic mass is 9.97. The average Bonchev–Trinajstić information content (AvgIpc) is 3.89. The Morgan fingerprint density at radius 1 is 0.288 bits per heavy atom. The summed E-state index contributed by atoms with van der Waals surface area (Å²) in [6.45, 7) is 0. The molecule has 8 heteroatoms. The topological polar surface area (TPSA) is 95.2 Å². The molecule has 0 fully saturated rings. The molecule has 14 aromatic rings. The third-order valence-electron chi connectivity index (χ3n) is 13.7. The highest BCUT2D eigenvalue weighted by atomic mass is 15.1. The van der Waals surface area contributed by atoms with Gasteiger partial charge in [-0.15, -0.1) is 0 Å². The van der Waals surface area contributed by atoms with Crippen molar-refractivity contribution in [3.63, 3.8) is 0 Å². The molecule has 0 saturated carbocycles. The van der Waals surface area contributed by atoms with Gasteiger partial charge in [0.1, 0.15) is 5.82 Å². The number of nitrogens with zero attached hydrogens (tertiary/aromatic N) is 8. The average molecular weight is 933 g/mol. The Morgan fingerprint density at radius 3 is 1.26 bits per heavy atom. The predicted molar refractivity (Wildman–Crippen MR) is 296 cm³/mol. The number of hydrogen-bond acceptors (Lipinski definition) is 7. The van der Waals surface area contributed by atoms with Crippen LogP contribution in [0.15, 0.2) is 243 Å². The molecule has 5 aromatic heterocycles. The van der Waals surface area contributed by atoms with E-state index in [1.807, 2.05) is 67.0 Å². The molecule has 0 aliphatic heterocycles. The molecule has 14 rings (SSSR count). The molecule has 0 aliphatic carbocycles. The van der Waals surface area contributed by atoms with Crippen molar-refractivity contribution in [3.05, 3.63) is 243 Å². The summed E-state index contributed by atoms with van der Waals surface area (Å²) in [6.07, 6.45) is 3.65. The van der Waals surface area contributed by atoms with Gasteiger partial charge in [-0.2, -0.15) is 0 Å². The van der Waals surface area contributed by atoms with Crippen molar-refractivity contribution in [2.45, 2.75) is 0 Å². The molecule has 0 atom stereocenters. The van der Waals surface area contributed by atoms with E-state index in [0.717, 1.165) is 128 Å². The van der Waals surface area contributed by atoms with Crippen LogP contribution >= 0.6 is 0 Å². The van der Waals surface area contributed by atoms with Crippen molar-refractivity contribution in [2.24, 2.45) is 0 Å². The van der Waals surface area contributed by atoms with Crippen molar-refractivity contribution in [1.82, 2.24) is 39.5 Å². The number of hydrogen-bond donors (Lipinski definition) is 0. The summed E-state index contributed by atoms with van der Waals surface area (Å²) < 4.78 is 2.27. The van der Waals surface area contributed by atoms with Crippen LogP contribution in [0.1, 0.15) is 0 Å². The van der Waals surface area contributed by atoms with Gasteiger partial charge in [0.15, 0.2) is 11.6 Å². The number of fused-ring (bicyclic) bond motifs is 8. The van der Waals surface area contributed by atoms with E-state index in [1.54, 1.807) is 0 Å². The van der Waals surface area contributed by atoms with Crippen molar-refractivity contribution >= 4 is 54.4 Å². The first-order valence-corrected chi connectivity index (χ1v) is 24.3. The molecule has 0 saturated heterocycles. The third kappa shape index (κ3) is 7.36. The Hall–Kier alpha value is -10.1. The van der Waals surface area contributed by atoms with E-state index in [4.69, 9.17) is 34.9 Å². The van der Waals surface area contributed by atoms with Crippen LogP contribution < -0.4 is 0 Å². The number of aromatic nitrogens is 8. The Bertz CT molecular complexity index is 4240. The lowest BCUT2D eigenvalue weighted by Crippen LogP contribution is -2.01. The fourth-order valence-corrected chi connectivity index (χ4v) is 10.3. The molecule has 0 spiro atoms. The number of imidazole rings is 1. The van der Waals surface area contributed by atoms with Crippen LogP contribution in [-0.4, -0.2) is 39.5 Å². The quantitative estimate of drug-likeness (QED) is 0.140. The zero-order chi connectivity index (χ0) is 48.2. The maximum atomic E-state index is 5.67. The summed E-state index contributed by atoms with van der Waals surface area (Å²) in [5.74, 6) is 1.99. The third-order valence-corrected chi connectivity index (χ3v) is 13.7. The van der Waals surface area contributed by atoms with Crippen molar-refractivity contribution in [1.29, 1.82) is 0 Å². The number of para-hydroxylation sites is 1. The van der Waals surface area contributed by atoms with Crippen LogP contribution in [0.4, 0.5) is 0 Å². The van der Waals surface area contributed by atoms with Gasteiger partial charge in [0.05, 0.1) is 44.8 Å². The molecule has 0 N–H and O–H groups in total. The SMILES string of the molecule is c1ccc(-c2cc(-c3cc(-c4cc(-c5ccccc5)nc(-c5cccc6ccccc56)n4)cc(-c4nc5c6cccnc6c6ncccc6c5n4-c4ccccc4)c3)nc(-c3cccc4ccccc34)n2)cc1. The molecule has 340 valence electrons.